The molecular formula is C24H32FN6O6P. The van der Waals surface area contributed by atoms with E-state index in [1.165, 1.54) is 24.1 Å². The number of aliphatic hydroxyl groups is 1. The summed E-state index contributed by atoms with van der Waals surface area (Å²) in [6, 6.07) is 6.39. The van der Waals surface area contributed by atoms with E-state index in [1.807, 2.05) is 0 Å². The molecule has 1 fully saturated rings. The van der Waals surface area contributed by atoms with Crippen LogP contribution in [0, 0.1) is 11.8 Å². The SMILES string of the molecule is CC(C)OC(=O)[C@H](C)N[P@](=O)(OC[C@H]1C(C)[C@@H](n2cnc3c(N)ncnc32)[C@@H](F)[C@@H]1O)Oc1ccccc1. The number of hydrogen-bond donors (Lipinski definition) is 3. The van der Waals surface area contributed by atoms with E-state index in [0.717, 1.165) is 0 Å². The predicted molar refractivity (Wildman–Crippen MR) is 137 cm³/mol. The summed E-state index contributed by atoms with van der Waals surface area (Å²) in [7, 11) is -4.19. The fraction of sp³-hybridized carbons (Fsp3) is 0.500. The number of fused-ring (bicyclic) bond motifs is 1. The van der Waals surface area contributed by atoms with Gasteiger partial charge in [-0.2, -0.15) is 5.09 Å². The average molecular weight is 551 g/mol. The number of nitrogens with zero attached hydrogens (tertiary/aromatic N) is 4. The molecule has 1 aliphatic rings. The normalized spacial score (nSPS) is 25.8. The first-order valence-corrected chi connectivity index (χ1v) is 13.8. The van der Waals surface area contributed by atoms with Crippen LogP contribution in [0.2, 0.25) is 0 Å². The molecule has 0 saturated heterocycles. The van der Waals surface area contributed by atoms with Crippen molar-refractivity contribution in [2.75, 3.05) is 12.3 Å². The number of aromatic nitrogens is 4. The summed E-state index contributed by atoms with van der Waals surface area (Å²) in [4.78, 5) is 24.6. The number of nitrogens with one attached hydrogen (secondary N) is 1. The van der Waals surface area contributed by atoms with Crippen LogP contribution >= 0.6 is 7.75 Å². The highest BCUT2D eigenvalue weighted by atomic mass is 31.2. The zero-order valence-electron chi connectivity index (χ0n) is 21.5. The monoisotopic (exact) mass is 550 g/mol. The number of ether oxygens (including phenoxy) is 1. The number of para-hydroxylation sites is 1. The fourth-order valence-corrected chi connectivity index (χ4v) is 6.08. The average Bonchev–Trinajstić information content (AvgIpc) is 3.37. The number of hydrogen-bond acceptors (Lipinski definition) is 10. The minimum Gasteiger partial charge on any atom is -0.462 e. The van der Waals surface area contributed by atoms with Gasteiger partial charge in [-0.3, -0.25) is 9.32 Å². The van der Waals surface area contributed by atoms with Crippen LogP contribution in [0.5, 0.6) is 5.75 Å². The minimum atomic E-state index is -4.19. The smallest absolute Gasteiger partial charge is 0.459 e. The molecule has 206 valence electrons. The van der Waals surface area contributed by atoms with Gasteiger partial charge in [0.05, 0.1) is 31.2 Å². The third-order valence-electron chi connectivity index (χ3n) is 6.48. The topological polar surface area (TPSA) is 164 Å². The Morgan fingerprint density at radius 1 is 1.24 bits per heavy atom. The number of anilines is 1. The van der Waals surface area contributed by atoms with Crippen LogP contribution in [0.15, 0.2) is 43.0 Å². The molecular weight excluding hydrogens is 518 g/mol. The molecule has 0 radical (unpaired) electrons. The number of alkyl halides is 1. The lowest BCUT2D eigenvalue weighted by atomic mass is 9.95. The Bertz CT molecular complexity index is 1310. The molecule has 1 unspecified atom stereocenters. The maximum absolute atomic E-state index is 15.5. The molecule has 1 aromatic carbocycles. The lowest BCUT2D eigenvalue weighted by Crippen LogP contribution is -2.37. The van der Waals surface area contributed by atoms with Crippen LogP contribution in [-0.4, -0.2) is 61.6 Å². The van der Waals surface area contributed by atoms with Crippen molar-refractivity contribution >= 4 is 30.7 Å². The number of imidazole rings is 1. The molecule has 12 nitrogen and oxygen atoms in total. The second-order valence-corrected chi connectivity index (χ2v) is 11.3. The van der Waals surface area contributed by atoms with Crippen LogP contribution in [0.25, 0.3) is 11.2 Å². The van der Waals surface area contributed by atoms with Gasteiger partial charge in [-0.25, -0.2) is 23.9 Å². The van der Waals surface area contributed by atoms with Crippen molar-refractivity contribution in [1.82, 2.24) is 24.6 Å². The lowest BCUT2D eigenvalue weighted by molar-refractivity contribution is -0.149. The third-order valence-corrected chi connectivity index (χ3v) is 8.12. The van der Waals surface area contributed by atoms with Gasteiger partial charge in [0, 0.05) is 5.92 Å². The Hall–Kier alpha value is -3.12. The Morgan fingerprint density at radius 3 is 2.63 bits per heavy atom. The van der Waals surface area contributed by atoms with E-state index in [0.29, 0.717) is 11.2 Å². The van der Waals surface area contributed by atoms with Crippen molar-refractivity contribution in [2.45, 2.75) is 58.2 Å². The Labute approximate surface area is 219 Å². The molecule has 0 spiro atoms. The summed E-state index contributed by atoms with van der Waals surface area (Å²) in [6.45, 7) is 6.27. The van der Waals surface area contributed by atoms with E-state index >= 15 is 4.39 Å². The number of carbonyl (C=O) groups is 1. The first-order valence-electron chi connectivity index (χ1n) is 12.2. The molecule has 0 bridgehead atoms. The van der Waals surface area contributed by atoms with Crippen molar-refractivity contribution in [3.8, 4) is 5.75 Å². The van der Waals surface area contributed by atoms with Crippen LogP contribution in [-0.2, 0) is 18.6 Å². The zero-order chi connectivity index (χ0) is 27.6. The van der Waals surface area contributed by atoms with Crippen LogP contribution < -0.4 is 15.3 Å². The quantitative estimate of drug-likeness (QED) is 0.251. The van der Waals surface area contributed by atoms with Crippen molar-refractivity contribution in [3.63, 3.8) is 0 Å². The van der Waals surface area contributed by atoms with E-state index in [2.05, 4.69) is 20.0 Å². The van der Waals surface area contributed by atoms with Gasteiger partial charge in [0.2, 0.25) is 0 Å². The highest BCUT2D eigenvalue weighted by molar-refractivity contribution is 7.52. The van der Waals surface area contributed by atoms with Crippen molar-refractivity contribution < 1.29 is 32.6 Å². The summed E-state index contributed by atoms with van der Waals surface area (Å²) in [5.74, 6) is -1.53. The van der Waals surface area contributed by atoms with E-state index in [1.54, 1.807) is 51.1 Å². The number of halogens is 1. The second kappa shape index (κ2) is 11.3. The summed E-state index contributed by atoms with van der Waals surface area (Å²) < 4.78 is 47.3. The largest absolute Gasteiger partial charge is 0.462 e. The molecule has 4 rings (SSSR count). The number of esters is 1. The van der Waals surface area contributed by atoms with Gasteiger partial charge in [-0.15, -0.1) is 0 Å². The summed E-state index contributed by atoms with van der Waals surface area (Å²) in [6.07, 6.45) is -0.856. The Kier molecular flexibility index (Phi) is 8.31. The number of nitrogen functional groups attached to an aromatic ring is 1. The van der Waals surface area contributed by atoms with Crippen molar-refractivity contribution in [3.05, 3.63) is 43.0 Å². The fourth-order valence-electron chi connectivity index (χ4n) is 4.56. The molecule has 4 N–H and O–H groups in total. The summed E-state index contributed by atoms with van der Waals surface area (Å²) in [5, 5.41) is 13.4. The summed E-state index contributed by atoms with van der Waals surface area (Å²) >= 11 is 0. The maximum Gasteiger partial charge on any atom is 0.459 e. The molecule has 14 heteroatoms. The third kappa shape index (κ3) is 5.80. The van der Waals surface area contributed by atoms with Gasteiger partial charge in [-0.05, 0) is 38.8 Å². The Balaban J connectivity index is 1.54. The standard InChI is InChI=1S/C24H32FN6O6P/c1-13(2)36-24(33)15(4)30-38(34,37-16-8-6-5-7-9-16)35-10-17-14(3)20(18(25)21(17)32)31-12-29-19-22(26)27-11-28-23(19)31/h5-9,11-15,17-18,20-21,32H,10H2,1-4H3,(H,30,34)(H2,26,27,28)/t14?,15-,17-,18+,20+,21+,38-/m0/s1. The molecule has 0 aliphatic heterocycles. The first kappa shape index (κ1) is 27.9. The molecule has 0 amide bonds. The number of benzene rings is 1. The highest BCUT2D eigenvalue weighted by Gasteiger charge is 2.51. The molecule has 1 saturated carbocycles. The lowest BCUT2D eigenvalue weighted by Gasteiger charge is -2.26. The van der Waals surface area contributed by atoms with Crippen LogP contribution in [0.1, 0.15) is 33.7 Å². The van der Waals surface area contributed by atoms with E-state index in [9.17, 15) is 14.5 Å². The second-order valence-electron chi connectivity index (χ2n) is 9.57. The molecule has 7 atom stereocenters. The molecule has 38 heavy (non-hydrogen) atoms. The van der Waals surface area contributed by atoms with Gasteiger partial charge >= 0.3 is 13.7 Å². The highest BCUT2D eigenvalue weighted by Crippen LogP contribution is 2.49. The van der Waals surface area contributed by atoms with E-state index < -0.39 is 49.9 Å². The molecule has 1 aliphatic carbocycles. The summed E-state index contributed by atoms with van der Waals surface area (Å²) in [5.41, 5.74) is 6.53. The molecule has 2 heterocycles. The van der Waals surface area contributed by atoms with E-state index in [-0.39, 0.29) is 24.3 Å². The van der Waals surface area contributed by atoms with E-state index in [4.69, 9.17) is 19.5 Å². The predicted octanol–water partition coefficient (Wildman–Crippen LogP) is 3.05. The van der Waals surface area contributed by atoms with Crippen LogP contribution in [0.3, 0.4) is 0 Å². The van der Waals surface area contributed by atoms with Crippen LogP contribution in [0.4, 0.5) is 10.2 Å². The molecule has 3 aromatic rings. The number of aliphatic hydroxyl groups excluding tert-OH is 1. The van der Waals surface area contributed by atoms with Crippen molar-refractivity contribution in [1.29, 1.82) is 0 Å². The maximum atomic E-state index is 15.5. The van der Waals surface area contributed by atoms with Gasteiger partial charge < -0.3 is 24.7 Å². The number of rotatable bonds is 10. The number of carbonyl (C=O) groups excluding carboxylic acids is 1. The van der Waals surface area contributed by atoms with Crippen molar-refractivity contribution in [2.24, 2.45) is 11.8 Å². The van der Waals surface area contributed by atoms with Gasteiger partial charge in [-0.1, -0.05) is 25.1 Å². The first-order chi connectivity index (χ1) is 18.0. The van der Waals surface area contributed by atoms with Gasteiger partial charge in [0.25, 0.3) is 0 Å². The minimum absolute atomic E-state index is 0.158. The number of nitrogens with two attached hydrogens (primary N) is 1. The molecule has 2 aromatic heterocycles. The Morgan fingerprint density at radius 2 is 1.95 bits per heavy atom. The zero-order valence-corrected chi connectivity index (χ0v) is 22.4. The van der Waals surface area contributed by atoms with Gasteiger partial charge in [0.15, 0.2) is 11.5 Å². The van der Waals surface area contributed by atoms with Gasteiger partial charge in [0.1, 0.15) is 29.8 Å².